The summed E-state index contributed by atoms with van der Waals surface area (Å²) in [6.07, 6.45) is 4.81. The van der Waals surface area contributed by atoms with Crippen LogP contribution in [0, 0.1) is 0 Å². The topological polar surface area (TPSA) is 107 Å². The zero-order valence-corrected chi connectivity index (χ0v) is 20.4. The lowest BCUT2D eigenvalue weighted by molar-refractivity contribution is 0.0697. The minimum Gasteiger partial charge on any atom is -0.504 e. The molecule has 0 unspecified atom stereocenters. The predicted molar refractivity (Wildman–Crippen MR) is 144 cm³/mol. The fourth-order valence-electron chi connectivity index (χ4n) is 4.33. The van der Waals surface area contributed by atoms with Crippen LogP contribution in [0.25, 0.3) is 11.1 Å². The molecule has 0 aromatic heterocycles. The Labute approximate surface area is 215 Å². The minimum atomic E-state index is -1.04. The first-order valence-electron chi connectivity index (χ1n) is 12.3. The van der Waals surface area contributed by atoms with E-state index in [9.17, 15) is 24.9 Å². The van der Waals surface area contributed by atoms with Gasteiger partial charge in [0, 0.05) is 11.3 Å². The molecule has 0 radical (unpaired) electrons. The predicted octanol–water partition coefficient (Wildman–Crippen LogP) is 6.67. The number of carbonyl (C=O) groups excluding carboxylic acids is 1. The fourth-order valence-corrected chi connectivity index (χ4v) is 4.33. The van der Waals surface area contributed by atoms with E-state index in [0.29, 0.717) is 22.4 Å². The van der Waals surface area contributed by atoms with E-state index in [1.807, 2.05) is 30.3 Å². The second kappa shape index (κ2) is 11.9. The summed E-state index contributed by atoms with van der Waals surface area (Å²) < 4.78 is 0. The Morgan fingerprint density at radius 1 is 0.622 bits per heavy atom. The van der Waals surface area contributed by atoms with Gasteiger partial charge < -0.3 is 20.6 Å². The van der Waals surface area contributed by atoms with Crippen molar-refractivity contribution in [2.45, 2.75) is 32.1 Å². The Morgan fingerprint density at radius 2 is 1.19 bits per heavy atom. The van der Waals surface area contributed by atoms with Crippen LogP contribution >= 0.6 is 0 Å². The molecule has 37 heavy (non-hydrogen) atoms. The molecule has 4 rings (SSSR count). The molecule has 0 heterocycles. The van der Waals surface area contributed by atoms with Gasteiger partial charge in [-0.05, 0) is 84.3 Å². The smallest absolute Gasteiger partial charge is 0.336 e. The molecular weight excluding hydrogens is 466 g/mol. The second-order valence-electron chi connectivity index (χ2n) is 8.93. The van der Waals surface area contributed by atoms with E-state index < -0.39 is 5.97 Å². The Hall–Kier alpha value is -4.58. The van der Waals surface area contributed by atoms with E-state index in [2.05, 4.69) is 5.32 Å². The van der Waals surface area contributed by atoms with Gasteiger partial charge in [0.05, 0.1) is 5.56 Å². The second-order valence-corrected chi connectivity index (χ2v) is 8.93. The third-order valence-corrected chi connectivity index (χ3v) is 6.30. The standard InChI is InChI=1S/C31H29NO5/c33-28-19-16-22(20-29(28)34)9-3-1-2-8-21-14-17-23(18-15-21)32-30(35)26-12-6-4-10-24(26)25-11-5-7-13-27(25)31(36)37/h4-7,10-20,33-34H,1-3,8-9H2,(H,32,35)(H,36,37). The monoisotopic (exact) mass is 495 g/mol. The van der Waals surface area contributed by atoms with Gasteiger partial charge in [-0.1, -0.05) is 61.0 Å². The van der Waals surface area contributed by atoms with Crippen molar-refractivity contribution in [2.75, 3.05) is 5.32 Å². The van der Waals surface area contributed by atoms with Gasteiger partial charge in [0.2, 0.25) is 0 Å². The number of hydrogen-bond acceptors (Lipinski definition) is 4. The van der Waals surface area contributed by atoms with E-state index >= 15 is 0 Å². The summed E-state index contributed by atoms with van der Waals surface area (Å²) in [4.78, 5) is 24.8. The number of phenols is 2. The van der Waals surface area contributed by atoms with Crippen LogP contribution < -0.4 is 5.32 Å². The summed E-state index contributed by atoms with van der Waals surface area (Å²) in [5.41, 5.74) is 4.47. The van der Waals surface area contributed by atoms with Crippen molar-refractivity contribution < 1.29 is 24.9 Å². The summed E-state index contributed by atoms with van der Waals surface area (Å²) in [6, 6.07) is 26.3. The first-order valence-corrected chi connectivity index (χ1v) is 12.3. The highest BCUT2D eigenvalue weighted by atomic mass is 16.4. The lowest BCUT2D eigenvalue weighted by Gasteiger charge is -2.13. The maximum absolute atomic E-state index is 13.1. The highest BCUT2D eigenvalue weighted by molar-refractivity contribution is 6.10. The van der Waals surface area contributed by atoms with Crippen LogP contribution in [0.5, 0.6) is 11.5 Å². The van der Waals surface area contributed by atoms with Crippen molar-refractivity contribution in [1.82, 2.24) is 0 Å². The van der Waals surface area contributed by atoms with Gasteiger partial charge in [0.25, 0.3) is 5.91 Å². The number of anilines is 1. The Balaban J connectivity index is 1.33. The van der Waals surface area contributed by atoms with Crippen LogP contribution in [0.4, 0.5) is 5.69 Å². The van der Waals surface area contributed by atoms with Crippen LogP contribution in [0.3, 0.4) is 0 Å². The van der Waals surface area contributed by atoms with E-state index in [-0.39, 0.29) is 23.0 Å². The summed E-state index contributed by atoms with van der Waals surface area (Å²) in [5.74, 6) is -1.53. The van der Waals surface area contributed by atoms with Gasteiger partial charge in [0.15, 0.2) is 11.5 Å². The Kier molecular flexibility index (Phi) is 8.21. The first-order chi connectivity index (χ1) is 17.9. The molecule has 0 aliphatic rings. The lowest BCUT2D eigenvalue weighted by atomic mass is 9.95. The third kappa shape index (κ3) is 6.55. The van der Waals surface area contributed by atoms with E-state index in [0.717, 1.165) is 37.7 Å². The number of unbranched alkanes of at least 4 members (excludes halogenated alkanes) is 2. The number of carbonyl (C=O) groups is 2. The number of rotatable bonds is 10. The zero-order chi connectivity index (χ0) is 26.2. The fraction of sp³-hybridized carbons (Fsp3) is 0.161. The number of aryl methyl sites for hydroxylation is 2. The minimum absolute atomic E-state index is 0.0850. The van der Waals surface area contributed by atoms with Crippen LogP contribution in [0.1, 0.15) is 51.1 Å². The van der Waals surface area contributed by atoms with Crippen LogP contribution in [0.15, 0.2) is 91.0 Å². The number of benzene rings is 4. The molecule has 0 saturated carbocycles. The molecule has 0 bridgehead atoms. The molecule has 0 aliphatic heterocycles. The van der Waals surface area contributed by atoms with Crippen LogP contribution in [-0.2, 0) is 12.8 Å². The summed E-state index contributed by atoms with van der Waals surface area (Å²) >= 11 is 0. The maximum Gasteiger partial charge on any atom is 0.336 e. The average molecular weight is 496 g/mol. The van der Waals surface area contributed by atoms with Crippen LogP contribution in [0.2, 0.25) is 0 Å². The highest BCUT2D eigenvalue weighted by Crippen LogP contribution is 2.28. The summed E-state index contributed by atoms with van der Waals surface area (Å²) in [5, 5.41) is 31.5. The average Bonchev–Trinajstić information content (AvgIpc) is 2.91. The summed E-state index contributed by atoms with van der Waals surface area (Å²) in [6.45, 7) is 0. The van der Waals surface area contributed by atoms with Crippen molar-refractivity contribution in [3.05, 3.63) is 113 Å². The molecule has 4 aromatic carbocycles. The SMILES string of the molecule is O=C(O)c1ccccc1-c1ccccc1C(=O)Nc1ccc(CCCCCc2ccc(O)c(O)c2)cc1. The first kappa shape index (κ1) is 25.5. The van der Waals surface area contributed by atoms with Gasteiger partial charge in [-0.2, -0.15) is 0 Å². The Morgan fingerprint density at radius 3 is 1.84 bits per heavy atom. The number of nitrogens with one attached hydrogen (secondary N) is 1. The van der Waals surface area contributed by atoms with E-state index in [4.69, 9.17) is 0 Å². The molecule has 188 valence electrons. The third-order valence-electron chi connectivity index (χ3n) is 6.30. The number of carboxylic acid groups (broad SMARTS) is 1. The number of hydrogen-bond donors (Lipinski definition) is 4. The van der Waals surface area contributed by atoms with E-state index in [1.165, 1.54) is 17.7 Å². The zero-order valence-electron chi connectivity index (χ0n) is 20.4. The molecule has 4 aromatic rings. The largest absolute Gasteiger partial charge is 0.504 e. The van der Waals surface area contributed by atoms with Crippen molar-refractivity contribution in [2.24, 2.45) is 0 Å². The summed E-state index contributed by atoms with van der Waals surface area (Å²) in [7, 11) is 0. The van der Waals surface area contributed by atoms with Crippen molar-refractivity contribution in [3.63, 3.8) is 0 Å². The highest BCUT2D eigenvalue weighted by Gasteiger charge is 2.17. The molecule has 0 spiro atoms. The molecule has 0 atom stereocenters. The molecule has 6 nitrogen and oxygen atoms in total. The van der Waals surface area contributed by atoms with Gasteiger partial charge in [0.1, 0.15) is 0 Å². The van der Waals surface area contributed by atoms with Gasteiger partial charge in [-0.15, -0.1) is 0 Å². The molecule has 6 heteroatoms. The number of amides is 1. The van der Waals surface area contributed by atoms with Gasteiger partial charge in [-0.25, -0.2) is 4.79 Å². The lowest BCUT2D eigenvalue weighted by Crippen LogP contribution is -2.13. The van der Waals surface area contributed by atoms with Crippen molar-refractivity contribution in [3.8, 4) is 22.6 Å². The maximum atomic E-state index is 13.1. The van der Waals surface area contributed by atoms with Gasteiger partial charge in [-0.3, -0.25) is 4.79 Å². The molecule has 4 N–H and O–H groups in total. The Bertz CT molecular complexity index is 1400. The normalized spacial score (nSPS) is 10.7. The van der Waals surface area contributed by atoms with Crippen molar-refractivity contribution in [1.29, 1.82) is 0 Å². The number of aromatic carboxylic acids is 1. The number of carboxylic acids is 1. The van der Waals surface area contributed by atoms with Crippen molar-refractivity contribution >= 4 is 17.6 Å². The quantitative estimate of drug-likeness (QED) is 0.145. The molecule has 0 aliphatic carbocycles. The van der Waals surface area contributed by atoms with Crippen LogP contribution in [-0.4, -0.2) is 27.2 Å². The number of phenolic OH excluding ortho intramolecular Hbond substituents is 2. The molecular formula is C31H29NO5. The number of aromatic hydroxyl groups is 2. The molecule has 0 fully saturated rings. The molecule has 1 amide bonds. The molecule has 0 saturated heterocycles. The van der Waals surface area contributed by atoms with E-state index in [1.54, 1.807) is 48.5 Å². The van der Waals surface area contributed by atoms with Gasteiger partial charge >= 0.3 is 5.97 Å².